The molecule has 0 bridgehead atoms. The van der Waals surface area contributed by atoms with Gasteiger partial charge in [-0.3, -0.25) is 0 Å². The maximum Gasteiger partial charge on any atom is 0.485 e. The second kappa shape index (κ2) is 5.03. The molecular weight excluding hydrogens is 242 g/mol. The summed E-state index contributed by atoms with van der Waals surface area (Å²) in [5.41, 5.74) is -5.65. The van der Waals surface area contributed by atoms with E-state index in [9.17, 15) is 17.7 Å². The van der Waals surface area contributed by atoms with E-state index in [1.54, 1.807) is 18.2 Å². The van der Waals surface area contributed by atoms with Gasteiger partial charge in [0.25, 0.3) is 0 Å². The molecule has 0 unspecified atom stereocenters. The van der Waals surface area contributed by atoms with Gasteiger partial charge in [-0.2, -0.15) is 13.2 Å². The predicted octanol–water partition coefficient (Wildman–Crippen LogP) is 0.758. The number of nitrogens with zero attached hydrogens (tertiary/aromatic N) is 1. The second-order valence-electron chi connectivity index (χ2n) is 2.12. The fourth-order valence-electron chi connectivity index (χ4n) is 0.378. The molecule has 0 aromatic carbocycles. The van der Waals surface area contributed by atoms with E-state index in [1.165, 1.54) is 12.4 Å². The molecule has 0 aliphatic rings. The summed E-state index contributed by atoms with van der Waals surface area (Å²) in [6.07, 6.45) is 2.67. The lowest BCUT2D eigenvalue weighted by molar-refractivity contribution is -0.843. The summed E-state index contributed by atoms with van der Waals surface area (Å²) in [5, 5.41) is 0. The van der Waals surface area contributed by atoms with Crippen LogP contribution in [0.4, 0.5) is 17.7 Å². The molecule has 0 aliphatic carbocycles. The molecule has 4 nitrogen and oxygen atoms in total. The fraction of sp³-hybridized carbons (Fsp3) is 0.167. The van der Waals surface area contributed by atoms with E-state index >= 15 is 0 Å². The lowest BCUT2D eigenvalue weighted by Gasteiger charge is -2.08. The quantitative estimate of drug-likeness (QED) is 0.386. The summed E-state index contributed by atoms with van der Waals surface area (Å²) < 4.78 is 70.7. The van der Waals surface area contributed by atoms with Gasteiger partial charge < -0.3 is 4.55 Å². The molecule has 0 N–H and O–H groups in total. The van der Waals surface area contributed by atoms with E-state index in [2.05, 4.69) is 0 Å². The summed E-state index contributed by atoms with van der Waals surface area (Å²) >= 11 is 0. The van der Waals surface area contributed by atoms with E-state index in [4.69, 9.17) is 13.0 Å². The summed E-state index contributed by atoms with van der Waals surface area (Å²) in [5.74, 6) is 0. The summed E-state index contributed by atoms with van der Waals surface area (Å²) in [6, 6.07) is 5.01. The van der Waals surface area contributed by atoms with Crippen molar-refractivity contribution >= 4 is 10.1 Å². The molecule has 9 heteroatoms. The van der Waals surface area contributed by atoms with Gasteiger partial charge >= 0.3 is 5.51 Å². The maximum atomic E-state index is 11.8. The highest BCUT2D eigenvalue weighted by molar-refractivity contribution is 7.86. The second-order valence-corrected chi connectivity index (χ2v) is 3.49. The Morgan fingerprint density at radius 2 is 1.40 bits per heavy atom. The number of alkyl halides is 3. The van der Waals surface area contributed by atoms with Crippen molar-refractivity contribution in [1.29, 1.82) is 0 Å². The lowest BCUT2D eigenvalue weighted by atomic mass is 10.5. The third-order valence-corrected chi connectivity index (χ3v) is 1.53. The summed E-state index contributed by atoms with van der Waals surface area (Å²) in [7, 11) is -6.09. The average Bonchev–Trinajstić information content (AvgIpc) is 2.02. The van der Waals surface area contributed by atoms with Crippen LogP contribution in [0.25, 0.3) is 0 Å². The monoisotopic (exact) mass is 247 g/mol. The first-order valence-corrected chi connectivity index (χ1v) is 4.70. The van der Waals surface area contributed by atoms with Crippen molar-refractivity contribution in [2.75, 3.05) is 0 Å². The van der Waals surface area contributed by atoms with Gasteiger partial charge in [0.05, 0.1) is 4.48 Å². The van der Waals surface area contributed by atoms with E-state index in [-0.39, 0.29) is 0 Å². The van der Waals surface area contributed by atoms with Gasteiger partial charge in [0.2, 0.25) is 12.4 Å². The highest BCUT2D eigenvalue weighted by Gasteiger charge is 2.36. The molecule has 0 saturated carbocycles. The van der Waals surface area contributed by atoms with Gasteiger partial charge in [-0.1, -0.05) is 6.07 Å². The average molecular weight is 247 g/mol. The number of aromatic nitrogens is 1. The Kier molecular flexibility index (Phi) is 4.62. The van der Waals surface area contributed by atoms with Crippen LogP contribution in [0.2, 0.25) is 0 Å². The number of rotatable bonds is 0. The molecule has 1 aromatic heterocycles. The Labute approximate surface area is 82.5 Å². The summed E-state index contributed by atoms with van der Waals surface area (Å²) in [6.45, 7) is 0. The molecule has 0 spiro atoms. The van der Waals surface area contributed by atoms with Crippen LogP contribution < -0.4 is 4.79 Å². The molecule has 0 amide bonds. The van der Waals surface area contributed by atoms with Crippen molar-refractivity contribution < 1.29 is 35.4 Å². The van der Waals surface area contributed by atoms with Gasteiger partial charge in [0.1, 0.15) is 0 Å². The fourth-order valence-corrected chi connectivity index (χ4v) is 0.378. The van der Waals surface area contributed by atoms with E-state index in [1.807, 2.05) is 0 Å². The Hall–Kier alpha value is -1.22. The van der Waals surface area contributed by atoms with Gasteiger partial charge in [-0.05, 0) is 0 Å². The van der Waals surface area contributed by atoms with Gasteiger partial charge in [-0.25, -0.2) is 8.42 Å². The number of hydrogen-bond acceptors (Lipinski definition) is 3. The first-order chi connectivity index (χ1) is 6.64. The molecule has 0 radical (unpaired) electrons. The summed E-state index contributed by atoms with van der Waals surface area (Å²) in [4.78, 5) is 0.500. The van der Waals surface area contributed by atoms with Crippen LogP contribution in [0.5, 0.6) is 0 Å². The number of pyridine rings is 1. The van der Waals surface area contributed by atoms with E-state index in [0.717, 1.165) is 0 Å². The van der Waals surface area contributed by atoms with Gasteiger partial charge in [-0.15, -0.1) is 0 Å². The maximum absolute atomic E-state index is 11.8. The van der Waals surface area contributed by atoms with Crippen molar-refractivity contribution in [2.45, 2.75) is 5.51 Å². The zero-order valence-electron chi connectivity index (χ0n) is 6.98. The highest BCUT2D eigenvalue weighted by Crippen LogP contribution is 2.20. The molecule has 0 atom stereocenters. The van der Waals surface area contributed by atoms with Crippen LogP contribution in [-0.2, 0) is 10.1 Å². The zero-order chi connectivity index (χ0) is 12.1. The minimum atomic E-state index is -6.09. The van der Waals surface area contributed by atoms with Crippen molar-refractivity contribution in [2.24, 2.45) is 0 Å². The van der Waals surface area contributed by atoms with Crippen molar-refractivity contribution in [3.05, 3.63) is 30.6 Å². The van der Waals surface area contributed by atoms with Crippen molar-refractivity contribution in [3.8, 4) is 0 Å². The van der Waals surface area contributed by atoms with E-state index < -0.39 is 15.6 Å². The van der Waals surface area contributed by atoms with Crippen LogP contribution >= 0.6 is 0 Å². The largest absolute Gasteiger partial charge is 0.741 e. The predicted molar refractivity (Wildman–Crippen MR) is 38.9 cm³/mol. The Balaban J connectivity index is 0.000000262. The third kappa shape index (κ3) is 5.96. The molecule has 86 valence electrons. The lowest BCUT2D eigenvalue weighted by Crippen LogP contribution is -2.21. The van der Waals surface area contributed by atoms with Crippen LogP contribution in [0.1, 0.15) is 0 Å². The Bertz CT molecular complexity index is 389. The van der Waals surface area contributed by atoms with E-state index in [0.29, 0.717) is 4.79 Å². The SMILES string of the molecule is F[n+]1ccccc1.O=S(=O)([O-])C(F)(F)F. The van der Waals surface area contributed by atoms with Crippen molar-refractivity contribution in [3.63, 3.8) is 0 Å². The minimum absolute atomic E-state index is 0.500. The van der Waals surface area contributed by atoms with Crippen LogP contribution in [-0.4, -0.2) is 18.5 Å². The molecule has 1 rings (SSSR count). The van der Waals surface area contributed by atoms with Gasteiger partial charge in [0.15, 0.2) is 10.1 Å². The number of hydrogen-bond donors (Lipinski definition) is 0. The third-order valence-electron chi connectivity index (χ3n) is 0.963. The highest BCUT2D eigenvalue weighted by atomic mass is 32.2. The van der Waals surface area contributed by atoms with Crippen LogP contribution in [0.3, 0.4) is 0 Å². The molecule has 15 heavy (non-hydrogen) atoms. The molecule has 1 aromatic rings. The molecule has 1 heterocycles. The van der Waals surface area contributed by atoms with Crippen LogP contribution in [0.15, 0.2) is 30.6 Å². The number of halogens is 4. The molecular formula is C6H5F4NO3S. The molecule has 0 saturated heterocycles. The minimum Gasteiger partial charge on any atom is -0.741 e. The molecule has 0 fully saturated rings. The van der Waals surface area contributed by atoms with Gasteiger partial charge in [0, 0.05) is 16.9 Å². The Morgan fingerprint density at radius 1 is 1.07 bits per heavy atom. The molecule has 0 aliphatic heterocycles. The van der Waals surface area contributed by atoms with Crippen LogP contribution in [0, 0.1) is 0 Å². The smallest absolute Gasteiger partial charge is 0.485 e. The van der Waals surface area contributed by atoms with Crippen molar-refractivity contribution in [1.82, 2.24) is 0 Å². The normalized spacial score (nSPS) is 11.5. The zero-order valence-corrected chi connectivity index (χ0v) is 7.80. The topological polar surface area (TPSA) is 61.1 Å². The Morgan fingerprint density at radius 3 is 1.53 bits per heavy atom. The standard InChI is InChI=1S/C5H5FN.CHF3O3S/c6-7-4-2-1-3-5-7;2-1(3,4)8(5,6)7/h1-5H;(H,5,6,7)/q+1;/p-1. The first kappa shape index (κ1) is 13.8. The first-order valence-electron chi connectivity index (χ1n) is 3.29.